The minimum Gasteiger partial charge on any atom is -0.0616 e. The Kier molecular flexibility index (Phi) is 3.16. The van der Waals surface area contributed by atoms with Crippen LogP contribution in [0.5, 0.6) is 0 Å². The molecule has 0 saturated heterocycles. The van der Waals surface area contributed by atoms with Gasteiger partial charge in [-0.2, -0.15) is 0 Å². The Morgan fingerprint density at radius 1 is 0.545 bits per heavy atom. The summed E-state index contributed by atoms with van der Waals surface area (Å²) in [5, 5.41) is 5.27. The second kappa shape index (κ2) is 5.31. The van der Waals surface area contributed by atoms with Gasteiger partial charge in [0.1, 0.15) is 0 Å². The average Bonchev–Trinajstić information content (AvgIpc) is 2.55. The molecule has 0 atom stereocenters. The minimum absolute atomic E-state index is 0.981. The van der Waals surface area contributed by atoms with Crippen LogP contribution >= 0.6 is 0 Å². The van der Waals surface area contributed by atoms with Crippen molar-refractivity contribution in [3.63, 3.8) is 0 Å². The van der Waals surface area contributed by atoms with Crippen LogP contribution in [-0.2, 0) is 6.42 Å². The van der Waals surface area contributed by atoms with E-state index in [1.165, 1.54) is 38.2 Å². The van der Waals surface area contributed by atoms with Crippen LogP contribution in [0.3, 0.4) is 0 Å². The summed E-state index contributed by atoms with van der Waals surface area (Å²) in [7, 11) is 0. The Morgan fingerprint density at radius 2 is 1.09 bits per heavy atom. The van der Waals surface area contributed by atoms with Gasteiger partial charge in [-0.1, -0.05) is 84.4 Å². The number of hydrogen-bond acceptors (Lipinski definition) is 0. The first-order chi connectivity index (χ1) is 10.8. The van der Waals surface area contributed by atoms with Gasteiger partial charge in [-0.15, -0.1) is 0 Å². The van der Waals surface area contributed by atoms with Crippen molar-refractivity contribution in [3.8, 4) is 0 Å². The van der Waals surface area contributed by atoms with Crippen LogP contribution < -0.4 is 0 Å². The third-order valence-electron chi connectivity index (χ3n) is 4.28. The summed E-state index contributed by atoms with van der Waals surface area (Å²) in [5.74, 6) is 0. The maximum Gasteiger partial charge on any atom is -0.00253 e. The lowest BCUT2D eigenvalue weighted by Gasteiger charge is -2.06. The van der Waals surface area contributed by atoms with Crippen LogP contribution in [0, 0.1) is 6.92 Å². The van der Waals surface area contributed by atoms with Crippen LogP contribution in [0.15, 0.2) is 78.9 Å². The van der Waals surface area contributed by atoms with E-state index >= 15 is 0 Å². The van der Waals surface area contributed by atoms with Gasteiger partial charge < -0.3 is 0 Å². The van der Waals surface area contributed by atoms with E-state index in [1.807, 2.05) is 0 Å². The topological polar surface area (TPSA) is 0 Å². The van der Waals surface area contributed by atoms with E-state index in [0.717, 1.165) is 6.42 Å². The van der Waals surface area contributed by atoms with E-state index in [0.29, 0.717) is 0 Å². The van der Waals surface area contributed by atoms with Crippen molar-refractivity contribution in [2.24, 2.45) is 0 Å². The third kappa shape index (κ3) is 2.48. The molecule has 0 aliphatic heterocycles. The molecule has 4 aromatic carbocycles. The highest BCUT2D eigenvalue weighted by Gasteiger charge is 2.01. The molecule has 0 nitrogen and oxygen atoms in total. The van der Waals surface area contributed by atoms with Gasteiger partial charge in [0.05, 0.1) is 0 Å². The van der Waals surface area contributed by atoms with Gasteiger partial charge in [0.25, 0.3) is 0 Å². The molecular weight excluding hydrogens is 264 g/mol. The Hall–Kier alpha value is -2.60. The zero-order chi connectivity index (χ0) is 14.9. The second-order valence-electron chi connectivity index (χ2n) is 6.04. The maximum absolute atomic E-state index is 2.31. The first-order valence-corrected chi connectivity index (χ1v) is 7.75. The van der Waals surface area contributed by atoms with Crippen molar-refractivity contribution < 1.29 is 0 Å². The van der Waals surface area contributed by atoms with E-state index in [4.69, 9.17) is 0 Å². The molecule has 4 rings (SSSR count). The highest BCUT2D eigenvalue weighted by Crippen LogP contribution is 2.21. The van der Waals surface area contributed by atoms with Gasteiger partial charge >= 0.3 is 0 Å². The molecule has 22 heavy (non-hydrogen) atoms. The normalized spacial score (nSPS) is 11.1. The first kappa shape index (κ1) is 13.1. The molecular formula is C22H18. The fraction of sp³-hybridized carbons (Fsp3) is 0.0909. The number of benzene rings is 4. The molecule has 0 unspecified atom stereocenters. The summed E-state index contributed by atoms with van der Waals surface area (Å²) >= 11 is 0. The zero-order valence-electron chi connectivity index (χ0n) is 12.7. The molecule has 0 aromatic heterocycles. The van der Waals surface area contributed by atoms with Crippen LogP contribution in [-0.4, -0.2) is 0 Å². The van der Waals surface area contributed by atoms with Crippen molar-refractivity contribution in [2.75, 3.05) is 0 Å². The molecule has 0 saturated carbocycles. The average molecular weight is 282 g/mol. The predicted octanol–water partition coefficient (Wildman–Crippen LogP) is 5.89. The number of rotatable bonds is 2. The Morgan fingerprint density at radius 3 is 1.86 bits per heavy atom. The molecule has 0 radical (unpaired) electrons. The van der Waals surface area contributed by atoms with Crippen molar-refractivity contribution in [1.82, 2.24) is 0 Å². The van der Waals surface area contributed by atoms with Gasteiger partial charge in [-0.05, 0) is 46.0 Å². The molecule has 0 fully saturated rings. The highest BCUT2D eigenvalue weighted by molar-refractivity contribution is 5.84. The van der Waals surface area contributed by atoms with Crippen LogP contribution in [0.2, 0.25) is 0 Å². The Bertz CT molecular complexity index is 964. The maximum atomic E-state index is 2.31. The quantitative estimate of drug-likeness (QED) is 0.430. The predicted molar refractivity (Wildman–Crippen MR) is 95.4 cm³/mol. The van der Waals surface area contributed by atoms with Crippen molar-refractivity contribution >= 4 is 21.5 Å². The molecule has 4 aromatic rings. The summed E-state index contributed by atoms with van der Waals surface area (Å²) in [4.78, 5) is 0. The molecule has 0 N–H and O–H groups in total. The molecule has 0 amide bonds. The van der Waals surface area contributed by atoms with E-state index in [1.54, 1.807) is 0 Å². The van der Waals surface area contributed by atoms with Gasteiger partial charge in [-0.3, -0.25) is 0 Å². The van der Waals surface area contributed by atoms with E-state index < -0.39 is 0 Å². The Labute approximate surface area is 131 Å². The van der Waals surface area contributed by atoms with Crippen LogP contribution in [0.4, 0.5) is 0 Å². The molecule has 0 spiro atoms. The molecule has 0 heteroatoms. The number of hydrogen-bond donors (Lipinski definition) is 0. The number of aryl methyl sites for hydroxylation is 1. The smallest absolute Gasteiger partial charge is 0.00253 e. The first-order valence-electron chi connectivity index (χ1n) is 7.75. The zero-order valence-corrected chi connectivity index (χ0v) is 12.7. The molecule has 0 aliphatic carbocycles. The lowest BCUT2D eigenvalue weighted by Crippen LogP contribution is -1.89. The molecule has 106 valence electrons. The second-order valence-corrected chi connectivity index (χ2v) is 6.04. The van der Waals surface area contributed by atoms with Crippen molar-refractivity contribution in [1.29, 1.82) is 0 Å². The molecule has 0 heterocycles. The fourth-order valence-electron chi connectivity index (χ4n) is 3.11. The summed E-state index contributed by atoms with van der Waals surface area (Å²) in [6.07, 6.45) is 0.981. The van der Waals surface area contributed by atoms with Crippen LogP contribution in [0.25, 0.3) is 21.5 Å². The van der Waals surface area contributed by atoms with E-state index in [2.05, 4.69) is 85.8 Å². The van der Waals surface area contributed by atoms with E-state index in [9.17, 15) is 0 Å². The lowest BCUT2D eigenvalue weighted by molar-refractivity contribution is 1.21. The molecule has 0 bridgehead atoms. The SMILES string of the molecule is Cc1ccc2cc(Cc3ccc4ccccc4c3)ccc2c1. The van der Waals surface area contributed by atoms with Crippen molar-refractivity contribution in [2.45, 2.75) is 13.3 Å². The largest absolute Gasteiger partial charge is 0.0616 e. The minimum atomic E-state index is 0.981. The van der Waals surface area contributed by atoms with Gasteiger partial charge in [0.2, 0.25) is 0 Å². The standard InChI is InChI=1S/C22H18/c1-16-6-9-22-15-18(8-11-21(22)12-16)13-17-7-10-19-4-2-3-5-20(19)14-17/h2-12,14-15H,13H2,1H3. The summed E-state index contributed by atoms with van der Waals surface area (Å²) in [6, 6.07) is 28.7. The van der Waals surface area contributed by atoms with Gasteiger partial charge in [0, 0.05) is 0 Å². The van der Waals surface area contributed by atoms with Gasteiger partial charge in [0.15, 0.2) is 0 Å². The third-order valence-corrected chi connectivity index (χ3v) is 4.28. The summed E-state index contributed by atoms with van der Waals surface area (Å²) in [6.45, 7) is 2.14. The van der Waals surface area contributed by atoms with Crippen LogP contribution in [0.1, 0.15) is 16.7 Å². The lowest BCUT2D eigenvalue weighted by atomic mass is 9.98. The highest BCUT2D eigenvalue weighted by atomic mass is 14.1. The van der Waals surface area contributed by atoms with E-state index in [-0.39, 0.29) is 0 Å². The summed E-state index contributed by atoms with van der Waals surface area (Å²) in [5.41, 5.74) is 4.05. The van der Waals surface area contributed by atoms with Gasteiger partial charge in [-0.25, -0.2) is 0 Å². The molecule has 0 aliphatic rings. The number of fused-ring (bicyclic) bond motifs is 2. The monoisotopic (exact) mass is 282 g/mol. The Balaban J connectivity index is 1.70. The fourth-order valence-corrected chi connectivity index (χ4v) is 3.11. The van der Waals surface area contributed by atoms with Crippen molar-refractivity contribution in [3.05, 3.63) is 95.6 Å². The summed E-state index contributed by atoms with van der Waals surface area (Å²) < 4.78 is 0.